The molecule has 0 unspecified atom stereocenters. The molecule has 0 saturated heterocycles. The van der Waals surface area contributed by atoms with Crippen LogP contribution in [0.3, 0.4) is 0 Å². The smallest absolute Gasteiger partial charge is 0.338 e. The highest BCUT2D eigenvalue weighted by molar-refractivity contribution is 7.98. The first-order chi connectivity index (χ1) is 23.9. The first-order valence-corrected chi connectivity index (χ1v) is 17.9. The van der Waals surface area contributed by atoms with Crippen molar-refractivity contribution in [3.05, 3.63) is 156 Å². The maximum atomic E-state index is 14.3. The van der Waals surface area contributed by atoms with Crippen molar-refractivity contribution in [2.45, 2.75) is 31.4 Å². The number of thioether (sulfide) groups is 1. The SMILES string of the molecule is CCOC(=O)C1=C(c2ccccc2)N=c2s/c(=C\c3ccccc3OCc3ccc(C(=O)OCC)cc3)c(=O)n2[C@@H]1c1ccc(SC)cc1. The highest BCUT2D eigenvalue weighted by Crippen LogP contribution is 2.35. The zero-order valence-corrected chi connectivity index (χ0v) is 28.9. The van der Waals surface area contributed by atoms with Gasteiger partial charge in [0.15, 0.2) is 4.80 Å². The van der Waals surface area contributed by atoms with Gasteiger partial charge in [0, 0.05) is 16.0 Å². The second-order valence-electron chi connectivity index (χ2n) is 10.9. The third-order valence-electron chi connectivity index (χ3n) is 7.87. The summed E-state index contributed by atoms with van der Waals surface area (Å²) in [6.07, 6.45) is 3.80. The van der Waals surface area contributed by atoms with Crippen LogP contribution in [-0.2, 0) is 20.9 Å². The van der Waals surface area contributed by atoms with Crippen LogP contribution in [0, 0.1) is 0 Å². The quantitative estimate of drug-likeness (QED) is 0.117. The molecule has 8 nitrogen and oxygen atoms in total. The summed E-state index contributed by atoms with van der Waals surface area (Å²) in [5.41, 5.74) is 4.09. The maximum Gasteiger partial charge on any atom is 0.338 e. The largest absolute Gasteiger partial charge is 0.488 e. The fourth-order valence-corrected chi connectivity index (χ4v) is 6.93. The Morgan fingerprint density at radius 2 is 1.53 bits per heavy atom. The number of thiazole rings is 1. The molecule has 0 amide bonds. The average Bonchev–Trinajstić information content (AvgIpc) is 3.45. The number of carbonyl (C=O) groups excluding carboxylic acids is 2. The Kier molecular flexibility index (Phi) is 10.6. The van der Waals surface area contributed by atoms with Crippen LogP contribution in [0.1, 0.15) is 52.5 Å². The lowest BCUT2D eigenvalue weighted by molar-refractivity contribution is -0.138. The molecule has 0 spiro atoms. The van der Waals surface area contributed by atoms with E-state index in [4.69, 9.17) is 19.2 Å². The molecule has 0 N–H and O–H groups in total. The zero-order chi connectivity index (χ0) is 34.3. The molecule has 248 valence electrons. The van der Waals surface area contributed by atoms with Gasteiger partial charge in [0.25, 0.3) is 5.56 Å². The molecular weight excluding hydrogens is 657 g/mol. The van der Waals surface area contributed by atoms with Gasteiger partial charge in [-0.3, -0.25) is 9.36 Å². The third-order valence-corrected chi connectivity index (χ3v) is 9.60. The fraction of sp³-hybridized carbons (Fsp3) is 0.179. The Balaban J connectivity index is 1.43. The summed E-state index contributed by atoms with van der Waals surface area (Å²) in [6, 6.07) is 31.2. The van der Waals surface area contributed by atoms with Crippen LogP contribution in [0.25, 0.3) is 11.8 Å². The van der Waals surface area contributed by atoms with E-state index in [1.54, 1.807) is 48.4 Å². The molecule has 0 fully saturated rings. The first-order valence-electron chi connectivity index (χ1n) is 15.8. The van der Waals surface area contributed by atoms with Gasteiger partial charge in [-0.05, 0) is 67.6 Å². The molecule has 0 radical (unpaired) electrons. The molecule has 1 aliphatic rings. The van der Waals surface area contributed by atoms with Gasteiger partial charge in [0.2, 0.25) is 0 Å². The van der Waals surface area contributed by atoms with Gasteiger partial charge in [0.05, 0.1) is 40.6 Å². The fourth-order valence-electron chi connectivity index (χ4n) is 5.53. The summed E-state index contributed by atoms with van der Waals surface area (Å²) in [4.78, 5) is 46.6. The van der Waals surface area contributed by atoms with E-state index in [0.717, 1.165) is 21.6 Å². The van der Waals surface area contributed by atoms with Crippen LogP contribution in [0.4, 0.5) is 0 Å². The van der Waals surface area contributed by atoms with Gasteiger partial charge in [-0.1, -0.05) is 84.1 Å². The summed E-state index contributed by atoms with van der Waals surface area (Å²) in [5.74, 6) is -0.303. The van der Waals surface area contributed by atoms with E-state index in [0.29, 0.717) is 44.1 Å². The molecule has 2 heterocycles. The van der Waals surface area contributed by atoms with Gasteiger partial charge in [-0.2, -0.15) is 0 Å². The minimum Gasteiger partial charge on any atom is -0.488 e. The number of hydrogen-bond acceptors (Lipinski definition) is 9. The normalized spacial score (nSPS) is 14.2. The van der Waals surface area contributed by atoms with Crippen LogP contribution in [0.2, 0.25) is 0 Å². The standard InChI is InChI=1S/C39H34N2O6S2/c1-4-45-37(43)28-17-15-25(16-18-28)24-47-31-14-10-9-13-29(31)23-32-36(42)41-35(27-19-21-30(48-3)22-20-27)33(38(44)46-5-2)34(40-39(41)49-32)26-11-7-6-8-12-26/h6-23,35H,4-5,24H2,1-3H3/b32-23-/t35-/m1/s1. The number of nitrogens with zero attached hydrogens (tertiary/aromatic N) is 2. The number of carbonyl (C=O) groups is 2. The van der Waals surface area contributed by atoms with Crippen molar-refractivity contribution in [2.75, 3.05) is 19.5 Å². The van der Waals surface area contributed by atoms with E-state index in [1.165, 1.54) is 11.3 Å². The maximum absolute atomic E-state index is 14.3. The van der Waals surface area contributed by atoms with Gasteiger partial charge < -0.3 is 14.2 Å². The van der Waals surface area contributed by atoms with Gasteiger partial charge >= 0.3 is 11.9 Å². The van der Waals surface area contributed by atoms with Gasteiger partial charge in [-0.15, -0.1) is 11.8 Å². The number of esters is 2. The van der Waals surface area contributed by atoms with Crippen molar-refractivity contribution in [3.8, 4) is 5.75 Å². The molecule has 1 atom stereocenters. The Morgan fingerprint density at radius 1 is 0.857 bits per heavy atom. The molecule has 5 aromatic rings. The summed E-state index contributed by atoms with van der Waals surface area (Å²) < 4.78 is 18.9. The van der Waals surface area contributed by atoms with Gasteiger partial charge in [-0.25, -0.2) is 14.6 Å². The number of ether oxygens (including phenoxy) is 3. The van der Waals surface area contributed by atoms with Crippen molar-refractivity contribution in [2.24, 2.45) is 4.99 Å². The summed E-state index contributed by atoms with van der Waals surface area (Å²) in [7, 11) is 0. The van der Waals surface area contributed by atoms with Crippen LogP contribution in [0.15, 0.2) is 123 Å². The molecule has 10 heteroatoms. The molecular formula is C39H34N2O6S2. The van der Waals surface area contributed by atoms with Crippen LogP contribution in [-0.4, -0.2) is 36.0 Å². The molecule has 6 rings (SSSR count). The van der Waals surface area contributed by atoms with Crippen molar-refractivity contribution >= 4 is 46.8 Å². The average molecular weight is 691 g/mol. The Labute approximate surface area is 292 Å². The minimum atomic E-state index is -0.757. The van der Waals surface area contributed by atoms with E-state index in [9.17, 15) is 14.4 Å². The number of benzene rings is 4. The zero-order valence-electron chi connectivity index (χ0n) is 27.3. The molecule has 1 aromatic heterocycles. The highest BCUT2D eigenvalue weighted by atomic mass is 32.2. The lowest BCUT2D eigenvalue weighted by Gasteiger charge is -2.26. The van der Waals surface area contributed by atoms with Crippen molar-refractivity contribution in [1.82, 2.24) is 4.57 Å². The first kappa shape index (κ1) is 33.7. The van der Waals surface area contributed by atoms with E-state index in [2.05, 4.69) is 0 Å². The lowest BCUT2D eigenvalue weighted by Crippen LogP contribution is -2.40. The number of aromatic nitrogens is 1. The summed E-state index contributed by atoms with van der Waals surface area (Å²) >= 11 is 2.87. The molecule has 4 aromatic carbocycles. The summed E-state index contributed by atoms with van der Waals surface area (Å²) in [6.45, 7) is 4.27. The summed E-state index contributed by atoms with van der Waals surface area (Å²) in [5, 5.41) is 0. The molecule has 0 saturated carbocycles. The highest BCUT2D eigenvalue weighted by Gasteiger charge is 2.35. The Hall–Kier alpha value is -5.19. The monoisotopic (exact) mass is 690 g/mol. The molecule has 49 heavy (non-hydrogen) atoms. The number of fused-ring (bicyclic) bond motifs is 1. The van der Waals surface area contributed by atoms with Crippen molar-refractivity contribution in [3.63, 3.8) is 0 Å². The number of rotatable bonds is 11. The van der Waals surface area contributed by atoms with Crippen molar-refractivity contribution < 1.29 is 23.8 Å². The predicted octanol–water partition coefficient (Wildman–Crippen LogP) is 6.41. The van der Waals surface area contributed by atoms with Gasteiger partial charge in [0.1, 0.15) is 12.4 Å². The predicted molar refractivity (Wildman–Crippen MR) is 192 cm³/mol. The lowest BCUT2D eigenvalue weighted by atomic mass is 9.93. The Bertz CT molecular complexity index is 2190. The Morgan fingerprint density at radius 3 is 2.22 bits per heavy atom. The van der Waals surface area contributed by atoms with Crippen LogP contribution >= 0.6 is 23.1 Å². The second kappa shape index (κ2) is 15.4. The minimum absolute atomic E-state index is 0.180. The van der Waals surface area contributed by atoms with Crippen molar-refractivity contribution in [1.29, 1.82) is 0 Å². The van der Waals surface area contributed by atoms with E-state index in [1.807, 2.05) is 97.3 Å². The second-order valence-corrected chi connectivity index (χ2v) is 12.8. The molecule has 0 aliphatic carbocycles. The van der Waals surface area contributed by atoms with Crippen LogP contribution < -0.4 is 19.6 Å². The molecule has 0 bridgehead atoms. The number of para-hydroxylation sites is 1. The molecule has 1 aliphatic heterocycles. The number of hydrogen-bond donors (Lipinski definition) is 0. The third kappa shape index (κ3) is 7.30. The van der Waals surface area contributed by atoms with E-state index < -0.39 is 12.0 Å². The van der Waals surface area contributed by atoms with E-state index in [-0.39, 0.29) is 24.7 Å². The topological polar surface area (TPSA) is 96.2 Å². The van der Waals surface area contributed by atoms with Crippen LogP contribution in [0.5, 0.6) is 5.75 Å². The van der Waals surface area contributed by atoms with E-state index >= 15 is 0 Å².